The summed E-state index contributed by atoms with van der Waals surface area (Å²) in [6.45, 7) is -10.8. The minimum Gasteiger partial charge on any atom is -0.477 e. The van der Waals surface area contributed by atoms with Gasteiger partial charge in [-0.15, -0.1) is 0 Å². The quantitative estimate of drug-likeness (QED) is 0.0284. The number of aliphatic hydroxyl groups is 24. The third kappa shape index (κ3) is 19.8. The molecule has 0 aliphatic carbocycles. The average molecular weight is 1610 g/mol. The number of hydrogen-bond acceptors (Lipinski definition) is 44. The van der Waals surface area contributed by atoms with Crippen molar-refractivity contribution in [3.05, 3.63) is 0 Å². The van der Waals surface area contributed by atoms with Crippen LogP contribution in [0, 0.1) is 0 Å². The lowest BCUT2D eigenvalue weighted by atomic mass is 9.86. The SMILES string of the molecule is CC(=O)N[C@H]1[C@H](O[C@@H]2[C@H](O[C@]3(C(=O)O)C[C@H](O)[C@@H](NC(=O)CO)[C@H]([C@H](O)[C@@H](CO)O[C@]4(C(=O)O)C[C@H](O)[C@@H](NC(C)=O)[C@H]([C@H](O)[C@@H](CO)O[C@]5(C(=O)O)C[C@H](O)[C@@H](NC(=O)CO)[C@H]([C@H](O)[C@H](O)CO)O5)O4)O3)[C@@H](O)[C@H](O[C@H]3[C@H](O)[C@@H](O)[C@H](O)O[C@@H]3CO)O[C@@H]2CO)O[C@H](CO)[C@H](O)[C@@H]1O[C@@H]1O[C@H](CO)[C@H](O)[C@H](O)[C@H]1O. The Bertz CT molecular complexity index is 3050. The molecule has 51 nitrogen and oxygen atoms in total. The zero-order valence-electron chi connectivity index (χ0n) is 57.9. The van der Waals surface area contributed by atoms with Gasteiger partial charge in [0.05, 0.1) is 82.7 Å². The lowest BCUT2D eigenvalue weighted by Gasteiger charge is -2.53. The highest BCUT2D eigenvalue weighted by atomic mass is 16.8. The van der Waals surface area contributed by atoms with Gasteiger partial charge in [0.25, 0.3) is 17.4 Å². The van der Waals surface area contributed by atoms with Crippen LogP contribution in [-0.4, -0.2) is 470 Å². The van der Waals surface area contributed by atoms with E-state index in [0.717, 1.165) is 13.8 Å². The van der Waals surface area contributed by atoms with Crippen LogP contribution in [0.4, 0.5) is 0 Å². The van der Waals surface area contributed by atoms with Crippen LogP contribution in [0.1, 0.15) is 33.1 Å². The molecule has 0 radical (unpaired) electrons. The van der Waals surface area contributed by atoms with Crippen molar-refractivity contribution in [2.45, 2.75) is 265 Å². The molecule has 38 atom stereocenters. The molecule has 7 rings (SSSR count). The van der Waals surface area contributed by atoms with Crippen molar-refractivity contribution < 1.29 is 233 Å². The van der Waals surface area contributed by atoms with Gasteiger partial charge in [0.2, 0.25) is 23.6 Å². The van der Waals surface area contributed by atoms with E-state index in [0.29, 0.717) is 0 Å². The maximum Gasteiger partial charge on any atom is 0.364 e. The topological polar surface area (TPSA) is 834 Å². The highest BCUT2D eigenvalue weighted by molar-refractivity contribution is 5.80. The van der Waals surface area contributed by atoms with Gasteiger partial charge in [-0.2, -0.15) is 0 Å². The fraction of sp³-hybridized carbons (Fsp3) is 0.881. The predicted molar refractivity (Wildman–Crippen MR) is 333 cm³/mol. The van der Waals surface area contributed by atoms with Crippen molar-refractivity contribution in [2.24, 2.45) is 0 Å². The third-order valence-corrected chi connectivity index (χ3v) is 19.3. The van der Waals surface area contributed by atoms with Crippen molar-refractivity contribution in [3.8, 4) is 0 Å². The summed E-state index contributed by atoms with van der Waals surface area (Å²) >= 11 is 0. The van der Waals surface area contributed by atoms with Gasteiger partial charge >= 0.3 is 17.9 Å². The first kappa shape index (κ1) is 92.0. The first-order valence-electron chi connectivity index (χ1n) is 33.8. The van der Waals surface area contributed by atoms with E-state index in [2.05, 4.69) is 10.6 Å². The molecule has 0 spiro atoms. The third-order valence-electron chi connectivity index (χ3n) is 19.3. The largest absolute Gasteiger partial charge is 0.477 e. The summed E-state index contributed by atoms with van der Waals surface area (Å²) in [5.41, 5.74) is 0. The van der Waals surface area contributed by atoms with Gasteiger partial charge in [0, 0.05) is 33.1 Å². The number of carbonyl (C=O) groups excluding carboxylic acids is 4. The average Bonchev–Trinajstić information content (AvgIpc) is 0.748. The molecule has 0 aromatic heterocycles. The molecule has 110 heavy (non-hydrogen) atoms. The summed E-state index contributed by atoms with van der Waals surface area (Å²) in [7, 11) is 0. The van der Waals surface area contributed by atoms with Gasteiger partial charge in [-0.1, -0.05) is 0 Å². The molecule has 7 heterocycles. The van der Waals surface area contributed by atoms with E-state index in [1.165, 1.54) is 0 Å². The van der Waals surface area contributed by atoms with E-state index in [1.807, 2.05) is 10.6 Å². The van der Waals surface area contributed by atoms with E-state index in [4.69, 9.17) is 61.6 Å². The number of aliphatic hydroxyl groups excluding tert-OH is 24. The van der Waals surface area contributed by atoms with Crippen molar-refractivity contribution in [2.75, 3.05) is 59.5 Å². The second-order valence-corrected chi connectivity index (χ2v) is 26.8. The van der Waals surface area contributed by atoms with E-state index in [-0.39, 0.29) is 0 Å². The van der Waals surface area contributed by atoms with Gasteiger partial charge in [-0.05, 0) is 0 Å². The Morgan fingerprint density at radius 1 is 0.391 bits per heavy atom. The van der Waals surface area contributed by atoms with Gasteiger partial charge in [-0.3, -0.25) is 19.2 Å². The Hall–Kier alpha value is -5.19. The number of ether oxygens (including phenoxy) is 13. The predicted octanol–water partition coefficient (Wildman–Crippen LogP) is -20.1. The molecule has 51 heteroatoms. The maximum atomic E-state index is 14.2. The van der Waals surface area contributed by atoms with E-state index >= 15 is 0 Å². The Balaban J connectivity index is 1.31. The molecule has 0 saturated carbocycles. The second-order valence-electron chi connectivity index (χ2n) is 26.8. The summed E-state index contributed by atoms with van der Waals surface area (Å²) in [4.78, 5) is 92.6. The summed E-state index contributed by atoms with van der Waals surface area (Å²) in [5, 5.41) is 304. The summed E-state index contributed by atoms with van der Waals surface area (Å²) in [6, 6.07) is -8.61. The fourth-order valence-corrected chi connectivity index (χ4v) is 13.7. The van der Waals surface area contributed by atoms with Crippen LogP contribution in [-0.2, 0) is 95.1 Å². The highest BCUT2D eigenvalue weighted by Crippen LogP contribution is 2.44. The zero-order valence-corrected chi connectivity index (χ0v) is 57.9. The zero-order chi connectivity index (χ0) is 82.3. The molecule has 7 saturated heterocycles. The monoisotopic (exact) mass is 1610 g/mol. The maximum absolute atomic E-state index is 14.2. The summed E-state index contributed by atoms with van der Waals surface area (Å²) < 4.78 is 75.0. The van der Waals surface area contributed by atoms with Crippen molar-refractivity contribution >= 4 is 41.5 Å². The molecule has 7 aliphatic heterocycles. The molecular weight excluding hydrogens is 1520 g/mol. The van der Waals surface area contributed by atoms with Crippen LogP contribution in [0.5, 0.6) is 0 Å². The van der Waals surface area contributed by atoms with Gasteiger partial charge in [0.1, 0.15) is 166 Å². The molecule has 7 aliphatic rings. The molecule has 634 valence electrons. The van der Waals surface area contributed by atoms with Crippen LogP contribution < -0.4 is 21.3 Å². The van der Waals surface area contributed by atoms with Crippen molar-refractivity contribution in [1.82, 2.24) is 21.3 Å². The van der Waals surface area contributed by atoms with Crippen molar-refractivity contribution in [1.29, 1.82) is 0 Å². The highest BCUT2D eigenvalue weighted by Gasteiger charge is 2.66. The number of rotatable bonds is 34. The van der Waals surface area contributed by atoms with E-state index in [1.54, 1.807) is 0 Å². The summed E-state index contributed by atoms with van der Waals surface area (Å²) in [5.74, 6) is -23.3. The number of aliphatic carboxylic acids is 3. The molecule has 0 aromatic rings. The number of carboxylic acid groups (broad SMARTS) is 3. The molecule has 4 amide bonds. The van der Waals surface area contributed by atoms with E-state index in [9.17, 15) is 171 Å². The second kappa shape index (κ2) is 39.0. The summed E-state index contributed by atoms with van der Waals surface area (Å²) in [6.07, 6.45) is -78.6. The Morgan fingerprint density at radius 2 is 0.773 bits per heavy atom. The van der Waals surface area contributed by atoms with Crippen LogP contribution in [0.2, 0.25) is 0 Å². The first-order chi connectivity index (χ1) is 51.7. The molecule has 0 aromatic carbocycles. The molecule has 0 unspecified atom stereocenters. The van der Waals surface area contributed by atoms with Crippen LogP contribution in [0.3, 0.4) is 0 Å². The fourth-order valence-electron chi connectivity index (χ4n) is 13.7. The van der Waals surface area contributed by atoms with Crippen LogP contribution >= 0.6 is 0 Å². The molecule has 7 fully saturated rings. The number of hydrogen-bond donors (Lipinski definition) is 31. The molecule has 31 N–H and O–H groups in total. The molecule has 0 bridgehead atoms. The Labute approximate surface area is 618 Å². The lowest BCUT2D eigenvalue weighted by Crippen LogP contribution is -2.73. The lowest BCUT2D eigenvalue weighted by molar-refractivity contribution is -0.403. The standard InChI is InChI=1S/C59H96N4O47/c1-15(73)60-29-17(75)3-58(55(94)95,108-47(29)36(84)23(9-67)105-57(54(92)93)4-18(76)30(62-27(79)13-71)46(107-57)33(81)20(78)6-64)106-24(10-68)37(85)48-31(63-28(80)14-72)19(77)5-59(109-48,56(96)97)110-49-42(90)53(102-43-25(11-69)98-50(91)40(88)39(43)87)101-26(12-70)44(49)103-51-32(61-16(2)74)45(35(83)22(8-66)99-51)104-52-41(89)38(86)34(82)21(7-65)100-52/h17-26,29-53,64-72,75-78,81-91H,3-14H2,1-2H3,(H,60,73)(H,61,74)(H,62,79)(H,63,80)(H,92,93)(H,94,95)(H,96,97)/t17-,18-,19-,20+,21+,22+,23+,24+,25+,26+,29+,30+,31+,32+,33+,34-,35-,36+,37+,38-,39+,40+,41+,42+,43+,44-,45+,46+,47+,48+,49+,50+,51-,52-,53-,57+,58+,59-/m0/s1. The Kier molecular flexibility index (Phi) is 32.6. The number of nitrogens with one attached hydrogen (secondary N) is 4. The number of carboxylic acids is 3. The van der Waals surface area contributed by atoms with Crippen molar-refractivity contribution in [3.63, 3.8) is 0 Å². The minimum atomic E-state index is -3.84. The van der Waals surface area contributed by atoms with Gasteiger partial charge < -0.3 is 221 Å². The molecular formula is C59H96N4O47. The van der Waals surface area contributed by atoms with Crippen LogP contribution in [0.15, 0.2) is 0 Å². The smallest absolute Gasteiger partial charge is 0.364 e. The number of carbonyl (C=O) groups is 7. The van der Waals surface area contributed by atoms with Crippen LogP contribution in [0.25, 0.3) is 0 Å². The normalized spacial score (nSPS) is 42.8. The minimum absolute atomic E-state index is 0.791. The Morgan fingerprint density at radius 3 is 1.21 bits per heavy atom. The van der Waals surface area contributed by atoms with Gasteiger partial charge in [0.15, 0.2) is 25.2 Å². The number of amides is 4. The van der Waals surface area contributed by atoms with Gasteiger partial charge in [-0.25, -0.2) is 14.4 Å². The van der Waals surface area contributed by atoms with E-state index < -0.39 is 352 Å². The first-order valence-corrected chi connectivity index (χ1v) is 33.8.